The molecule has 2 aliphatic rings. The Morgan fingerprint density at radius 2 is 2.33 bits per heavy atom. The van der Waals surface area contributed by atoms with Gasteiger partial charge in [-0.3, -0.25) is 14.5 Å². The highest BCUT2D eigenvalue weighted by molar-refractivity contribution is 7.10. The fourth-order valence-corrected chi connectivity index (χ4v) is 4.92. The molecule has 0 bridgehead atoms. The molecule has 0 aromatic carbocycles. The lowest BCUT2D eigenvalue weighted by Gasteiger charge is -2.27. The topological polar surface area (TPSA) is 87.5 Å². The predicted octanol–water partition coefficient (Wildman–Crippen LogP) is 1.92. The molecular weight excluding hydrogens is 364 g/mol. The molecule has 4 heterocycles. The predicted molar refractivity (Wildman–Crippen MR) is 102 cm³/mol. The van der Waals surface area contributed by atoms with Gasteiger partial charge in [0.1, 0.15) is 11.8 Å². The van der Waals surface area contributed by atoms with Crippen molar-refractivity contribution in [3.8, 4) is 0 Å². The summed E-state index contributed by atoms with van der Waals surface area (Å²) in [5, 5.41) is 11.7. The van der Waals surface area contributed by atoms with E-state index in [1.807, 2.05) is 19.2 Å². The fraction of sp³-hybridized carbons (Fsp3) is 0.526. The second-order valence-corrected chi connectivity index (χ2v) is 8.24. The van der Waals surface area contributed by atoms with Gasteiger partial charge in [0.05, 0.1) is 11.3 Å². The van der Waals surface area contributed by atoms with Crippen LogP contribution in [-0.2, 0) is 24.3 Å². The molecular formula is C19H24N4O3S. The van der Waals surface area contributed by atoms with Gasteiger partial charge in [-0.1, -0.05) is 5.16 Å². The van der Waals surface area contributed by atoms with Crippen molar-refractivity contribution >= 4 is 23.2 Å². The highest BCUT2D eigenvalue weighted by atomic mass is 32.1. The molecule has 0 spiro atoms. The monoisotopic (exact) mass is 388 g/mol. The zero-order valence-electron chi connectivity index (χ0n) is 15.6. The minimum atomic E-state index is -0.415. The number of piperidine rings is 1. The van der Waals surface area contributed by atoms with E-state index in [-0.39, 0.29) is 11.8 Å². The molecule has 0 aliphatic carbocycles. The first kappa shape index (κ1) is 18.2. The molecule has 1 atom stereocenters. The van der Waals surface area contributed by atoms with Crippen LogP contribution in [0.3, 0.4) is 0 Å². The quantitative estimate of drug-likeness (QED) is 0.836. The Bertz CT molecular complexity index is 853. The molecule has 144 valence electrons. The van der Waals surface area contributed by atoms with Crippen LogP contribution in [-0.4, -0.2) is 41.0 Å². The molecule has 1 saturated heterocycles. The minimum Gasteiger partial charge on any atom is -0.361 e. The van der Waals surface area contributed by atoms with Gasteiger partial charge in [-0.25, -0.2) is 0 Å². The largest absolute Gasteiger partial charge is 0.361 e. The molecule has 2 N–H and O–H groups in total. The van der Waals surface area contributed by atoms with E-state index in [1.165, 1.54) is 4.88 Å². The van der Waals surface area contributed by atoms with E-state index >= 15 is 0 Å². The van der Waals surface area contributed by atoms with Gasteiger partial charge >= 0.3 is 0 Å². The second-order valence-electron chi connectivity index (χ2n) is 7.27. The molecule has 4 rings (SSSR count). The number of carbonyl (C=O) groups excluding carboxylic acids is 2. The van der Waals surface area contributed by atoms with Gasteiger partial charge in [-0.05, 0) is 38.7 Å². The van der Waals surface area contributed by atoms with Gasteiger partial charge in [0.15, 0.2) is 0 Å². The maximum atomic E-state index is 12.7. The summed E-state index contributed by atoms with van der Waals surface area (Å²) in [5.41, 5.74) is 3.95. The van der Waals surface area contributed by atoms with Gasteiger partial charge in [0.2, 0.25) is 5.91 Å². The number of hydrogen-bond donors (Lipinski definition) is 2. The van der Waals surface area contributed by atoms with Gasteiger partial charge in [-0.2, -0.15) is 0 Å². The van der Waals surface area contributed by atoms with E-state index in [9.17, 15) is 9.59 Å². The molecule has 2 aliphatic heterocycles. The molecule has 7 nitrogen and oxygen atoms in total. The van der Waals surface area contributed by atoms with Gasteiger partial charge in [0, 0.05) is 42.0 Å². The SMILES string of the molecule is Cc1noc(C)c1CN1CCc2c(C(=O)NC3CCCNC3=O)csc2C1. The Morgan fingerprint density at radius 3 is 3.07 bits per heavy atom. The number of nitrogens with one attached hydrogen (secondary N) is 2. The molecule has 8 heteroatoms. The van der Waals surface area contributed by atoms with Crippen molar-refractivity contribution in [1.29, 1.82) is 0 Å². The first-order valence-corrected chi connectivity index (χ1v) is 10.2. The smallest absolute Gasteiger partial charge is 0.253 e. The number of amides is 2. The number of thiophene rings is 1. The first-order chi connectivity index (χ1) is 13.0. The van der Waals surface area contributed by atoms with E-state index in [0.29, 0.717) is 13.0 Å². The zero-order valence-corrected chi connectivity index (χ0v) is 16.4. The molecule has 1 fully saturated rings. The summed E-state index contributed by atoms with van der Waals surface area (Å²) in [4.78, 5) is 28.2. The van der Waals surface area contributed by atoms with Crippen LogP contribution >= 0.6 is 11.3 Å². The third kappa shape index (κ3) is 3.64. The van der Waals surface area contributed by atoms with Gasteiger partial charge in [0.25, 0.3) is 5.91 Å². The number of fused-ring (bicyclic) bond motifs is 1. The van der Waals surface area contributed by atoms with Crippen LogP contribution in [0.2, 0.25) is 0 Å². The van der Waals surface area contributed by atoms with Crippen molar-refractivity contribution in [2.75, 3.05) is 13.1 Å². The van der Waals surface area contributed by atoms with E-state index in [2.05, 4.69) is 20.7 Å². The van der Waals surface area contributed by atoms with E-state index < -0.39 is 6.04 Å². The second kappa shape index (κ2) is 7.44. The molecule has 27 heavy (non-hydrogen) atoms. The normalized spacial score (nSPS) is 20.2. The number of carbonyl (C=O) groups is 2. The van der Waals surface area contributed by atoms with Crippen molar-refractivity contribution in [3.63, 3.8) is 0 Å². The van der Waals surface area contributed by atoms with Crippen molar-refractivity contribution in [2.45, 2.75) is 52.2 Å². The average molecular weight is 388 g/mol. The third-order valence-corrected chi connectivity index (χ3v) is 6.44. The van der Waals surface area contributed by atoms with Crippen LogP contribution in [0.4, 0.5) is 0 Å². The minimum absolute atomic E-state index is 0.0793. The summed E-state index contributed by atoms with van der Waals surface area (Å²) in [5.74, 6) is 0.661. The van der Waals surface area contributed by atoms with Gasteiger partial charge in [-0.15, -0.1) is 11.3 Å². The molecule has 0 saturated carbocycles. The Labute approximate surface area is 162 Å². The van der Waals surface area contributed by atoms with Gasteiger partial charge < -0.3 is 15.2 Å². The Morgan fingerprint density at radius 1 is 1.48 bits per heavy atom. The summed E-state index contributed by atoms with van der Waals surface area (Å²) >= 11 is 1.63. The zero-order chi connectivity index (χ0) is 19.0. The maximum absolute atomic E-state index is 12.7. The average Bonchev–Trinajstić information content (AvgIpc) is 3.21. The molecule has 0 radical (unpaired) electrons. The van der Waals surface area contributed by atoms with Crippen LogP contribution in [0.5, 0.6) is 0 Å². The number of aryl methyl sites for hydroxylation is 2. The molecule has 2 amide bonds. The summed E-state index contributed by atoms with van der Waals surface area (Å²) in [6.45, 7) is 7.12. The lowest BCUT2D eigenvalue weighted by molar-refractivity contribution is -0.124. The maximum Gasteiger partial charge on any atom is 0.253 e. The number of nitrogens with zero attached hydrogens (tertiary/aromatic N) is 2. The van der Waals surface area contributed by atoms with Crippen LogP contribution in [0.15, 0.2) is 9.90 Å². The van der Waals surface area contributed by atoms with Crippen molar-refractivity contribution in [1.82, 2.24) is 20.7 Å². The number of rotatable bonds is 4. The summed E-state index contributed by atoms with van der Waals surface area (Å²) < 4.78 is 5.26. The molecule has 2 aromatic rings. The van der Waals surface area contributed by atoms with Crippen LogP contribution in [0.25, 0.3) is 0 Å². The first-order valence-electron chi connectivity index (χ1n) is 9.35. The summed E-state index contributed by atoms with van der Waals surface area (Å²) in [7, 11) is 0. The van der Waals surface area contributed by atoms with E-state index in [1.54, 1.807) is 11.3 Å². The lowest BCUT2D eigenvalue weighted by Crippen LogP contribution is -2.50. The van der Waals surface area contributed by atoms with Crippen molar-refractivity contribution < 1.29 is 14.1 Å². The standard InChI is InChI=1S/C19H24N4O3S/c1-11-14(12(2)26-22-11)8-23-7-5-13-15(10-27-17(13)9-23)18(24)21-16-4-3-6-20-19(16)25/h10,16H,3-9H2,1-2H3,(H,20,25)(H,21,24). The third-order valence-electron chi connectivity index (χ3n) is 5.42. The fourth-order valence-electron chi connectivity index (χ4n) is 3.80. The highest BCUT2D eigenvalue weighted by Gasteiger charge is 2.28. The van der Waals surface area contributed by atoms with Crippen molar-refractivity contribution in [3.05, 3.63) is 38.4 Å². The lowest BCUT2D eigenvalue weighted by atomic mass is 10.0. The summed E-state index contributed by atoms with van der Waals surface area (Å²) in [6, 6.07) is -0.415. The molecule has 1 unspecified atom stereocenters. The summed E-state index contributed by atoms with van der Waals surface area (Å²) in [6.07, 6.45) is 2.44. The number of aromatic nitrogens is 1. The van der Waals surface area contributed by atoms with Crippen LogP contribution < -0.4 is 10.6 Å². The number of hydrogen-bond acceptors (Lipinski definition) is 6. The Kier molecular flexibility index (Phi) is 5.01. The highest BCUT2D eigenvalue weighted by Crippen LogP contribution is 2.30. The van der Waals surface area contributed by atoms with E-state index in [4.69, 9.17) is 4.52 Å². The van der Waals surface area contributed by atoms with Crippen LogP contribution in [0.1, 0.15) is 50.7 Å². The van der Waals surface area contributed by atoms with Crippen molar-refractivity contribution in [2.24, 2.45) is 0 Å². The Balaban J connectivity index is 1.44. The molecule has 2 aromatic heterocycles. The van der Waals surface area contributed by atoms with E-state index in [0.717, 1.165) is 60.6 Å². The van der Waals surface area contributed by atoms with Crippen LogP contribution in [0, 0.1) is 13.8 Å². The Hall–Kier alpha value is -2.19.